The normalized spacial score (nSPS) is 11.3. The predicted molar refractivity (Wildman–Crippen MR) is 95.0 cm³/mol. The molecule has 2 rings (SSSR count). The zero-order chi connectivity index (χ0) is 17.9. The van der Waals surface area contributed by atoms with Crippen LogP contribution in [0.1, 0.15) is 11.1 Å². The first-order valence-corrected chi connectivity index (χ1v) is 8.72. The molecule has 7 heteroatoms. The van der Waals surface area contributed by atoms with Crippen molar-refractivity contribution in [1.82, 2.24) is 4.31 Å². The maximum absolute atomic E-state index is 12.1. The molecule has 0 aliphatic rings. The van der Waals surface area contributed by atoms with E-state index in [1.807, 2.05) is 18.0 Å². The highest BCUT2D eigenvalue weighted by atomic mass is 32.2. The first-order chi connectivity index (χ1) is 11.3. The molecule has 2 N–H and O–H groups in total. The molecule has 0 unspecified atom stereocenters. The molecule has 126 valence electrons. The van der Waals surface area contributed by atoms with Gasteiger partial charge in [-0.2, -0.15) is 5.26 Å². The zero-order valence-corrected chi connectivity index (χ0v) is 14.7. The smallest absolute Gasteiger partial charge is 0.242 e. The van der Waals surface area contributed by atoms with E-state index in [-0.39, 0.29) is 4.90 Å². The minimum atomic E-state index is -3.42. The number of hydrogen-bond acceptors (Lipinski definition) is 5. The number of hydrogen-bond donors (Lipinski definition) is 1. The molecule has 0 aromatic heterocycles. The first kappa shape index (κ1) is 17.8. The average Bonchev–Trinajstić information content (AvgIpc) is 2.55. The summed E-state index contributed by atoms with van der Waals surface area (Å²) in [6.45, 7) is 0.580. The van der Waals surface area contributed by atoms with Gasteiger partial charge in [0.15, 0.2) is 0 Å². The number of benzene rings is 2. The van der Waals surface area contributed by atoms with Crippen LogP contribution in [-0.2, 0) is 16.6 Å². The highest BCUT2D eigenvalue weighted by Gasteiger charge is 2.16. The van der Waals surface area contributed by atoms with E-state index in [1.54, 1.807) is 36.4 Å². The fraction of sp³-hybridized carbons (Fsp3) is 0.235. The number of nitrogens with zero attached hydrogens (tertiary/aromatic N) is 3. The van der Waals surface area contributed by atoms with Crippen LogP contribution in [-0.4, -0.2) is 33.9 Å². The van der Waals surface area contributed by atoms with Gasteiger partial charge in [0, 0.05) is 39.1 Å². The molecule has 0 fully saturated rings. The number of sulfonamides is 1. The van der Waals surface area contributed by atoms with Crippen molar-refractivity contribution in [3.8, 4) is 6.07 Å². The summed E-state index contributed by atoms with van der Waals surface area (Å²) in [6.07, 6.45) is 0. The minimum Gasteiger partial charge on any atom is -0.398 e. The van der Waals surface area contributed by atoms with Crippen molar-refractivity contribution >= 4 is 21.4 Å². The molecule has 0 aliphatic carbocycles. The lowest BCUT2D eigenvalue weighted by atomic mass is 10.1. The van der Waals surface area contributed by atoms with Gasteiger partial charge in [0.25, 0.3) is 0 Å². The lowest BCUT2D eigenvalue weighted by Gasteiger charge is -2.20. The summed E-state index contributed by atoms with van der Waals surface area (Å²) in [6, 6.07) is 14.1. The van der Waals surface area contributed by atoms with Crippen molar-refractivity contribution in [2.75, 3.05) is 31.8 Å². The lowest BCUT2D eigenvalue weighted by Crippen LogP contribution is -2.22. The van der Waals surface area contributed by atoms with Crippen LogP contribution in [0.5, 0.6) is 0 Å². The summed E-state index contributed by atoms with van der Waals surface area (Å²) in [5.74, 6) is 0. The molecule has 6 nitrogen and oxygen atoms in total. The highest BCUT2D eigenvalue weighted by Crippen LogP contribution is 2.22. The summed E-state index contributed by atoms with van der Waals surface area (Å²) in [4.78, 5) is 2.23. The maximum Gasteiger partial charge on any atom is 0.242 e. The topological polar surface area (TPSA) is 90.4 Å². The number of rotatable bonds is 5. The Morgan fingerprint density at radius 2 is 1.71 bits per heavy atom. The standard InChI is InChI=1S/C17H20N4O2S/c1-20(2)24(22,23)16-7-4-13(5-8-16)12-21(3)15-6-9-17(19)14(10-15)11-18/h4-10H,12,19H2,1-3H3. The molecule has 0 saturated carbocycles. The molecule has 0 bridgehead atoms. The summed E-state index contributed by atoms with van der Waals surface area (Å²) in [7, 11) is 1.49. The molecule has 0 heterocycles. The van der Waals surface area contributed by atoms with Crippen LogP contribution >= 0.6 is 0 Å². The number of nitrogen functional groups attached to an aromatic ring is 1. The second-order valence-electron chi connectivity index (χ2n) is 5.67. The van der Waals surface area contributed by atoms with Gasteiger partial charge >= 0.3 is 0 Å². The molecular weight excluding hydrogens is 324 g/mol. The van der Waals surface area contributed by atoms with Crippen LogP contribution in [0, 0.1) is 11.3 Å². The van der Waals surface area contributed by atoms with Gasteiger partial charge < -0.3 is 10.6 Å². The lowest BCUT2D eigenvalue weighted by molar-refractivity contribution is 0.520. The van der Waals surface area contributed by atoms with Crippen molar-refractivity contribution < 1.29 is 8.42 Å². The Balaban J connectivity index is 2.19. The van der Waals surface area contributed by atoms with Crippen molar-refractivity contribution in [3.05, 3.63) is 53.6 Å². The number of anilines is 2. The third kappa shape index (κ3) is 3.67. The van der Waals surface area contributed by atoms with Gasteiger partial charge in [0.05, 0.1) is 10.5 Å². The van der Waals surface area contributed by atoms with E-state index in [0.29, 0.717) is 17.8 Å². The second-order valence-corrected chi connectivity index (χ2v) is 7.82. The Bertz CT molecular complexity index is 868. The fourth-order valence-corrected chi connectivity index (χ4v) is 3.12. The predicted octanol–water partition coefficient (Wildman–Crippen LogP) is 2.03. The third-order valence-corrected chi connectivity index (χ3v) is 5.55. The molecule has 0 aliphatic heterocycles. The second kappa shape index (κ2) is 6.91. The van der Waals surface area contributed by atoms with Crippen LogP contribution in [0.2, 0.25) is 0 Å². The molecule has 0 spiro atoms. The van der Waals surface area contributed by atoms with E-state index < -0.39 is 10.0 Å². The maximum atomic E-state index is 12.1. The summed E-state index contributed by atoms with van der Waals surface area (Å²) >= 11 is 0. The average molecular weight is 344 g/mol. The van der Waals surface area contributed by atoms with E-state index in [1.165, 1.54) is 18.4 Å². The van der Waals surface area contributed by atoms with E-state index in [2.05, 4.69) is 6.07 Å². The van der Waals surface area contributed by atoms with Crippen molar-refractivity contribution in [2.24, 2.45) is 0 Å². The highest BCUT2D eigenvalue weighted by molar-refractivity contribution is 7.89. The Morgan fingerprint density at radius 1 is 1.08 bits per heavy atom. The molecule has 0 radical (unpaired) electrons. The quantitative estimate of drug-likeness (QED) is 0.838. The van der Waals surface area contributed by atoms with Crippen LogP contribution < -0.4 is 10.6 Å². The summed E-state index contributed by atoms with van der Waals surface area (Å²) in [5.41, 5.74) is 8.45. The van der Waals surface area contributed by atoms with E-state index in [9.17, 15) is 8.42 Å². The number of nitriles is 1. The molecule has 2 aromatic rings. The number of nitrogens with two attached hydrogens (primary N) is 1. The van der Waals surface area contributed by atoms with Crippen molar-refractivity contribution in [1.29, 1.82) is 5.26 Å². The van der Waals surface area contributed by atoms with Crippen molar-refractivity contribution in [3.63, 3.8) is 0 Å². The SMILES string of the molecule is CN(Cc1ccc(S(=O)(=O)N(C)C)cc1)c1ccc(N)c(C#N)c1. The summed E-state index contributed by atoms with van der Waals surface area (Å²) < 4.78 is 25.3. The Morgan fingerprint density at radius 3 is 2.25 bits per heavy atom. The van der Waals surface area contributed by atoms with E-state index >= 15 is 0 Å². The van der Waals surface area contributed by atoms with Crippen LogP contribution in [0.15, 0.2) is 47.4 Å². The van der Waals surface area contributed by atoms with Crippen LogP contribution in [0.25, 0.3) is 0 Å². The first-order valence-electron chi connectivity index (χ1n) is 7.28. The largest absolute Gasteiger partial charge is 0.398 e. The van der Waals surface area contributed by atoms with Gasteiger partial charge in [-0.05, 0) is 35.9 Å². The zero-order valence-electron chi connectivity index (χ0n) is 13.9. The van der Waals surface area contributed by atoms with Gasteiger partial charge in [-0.1, -0.05) is 12.1 Å². The fourth-order valence-electron chi connectivity index (χ4n) is 2.22. The van der Waals surface area contributed by atoms with Crippen LogP contribution in [0.4, 0.5) is 11.4 Å². The Hall–Kier alpha value is -2.56. The molecular formula is C17H20N4O2S. The van der Waals surface area contributed by atoms with Gasteiger partial charge in [-0.15, -0.1) is 0 Å². The molecule has 0 atom stereocenters. The van der Waals surface area contributed by atoms with E-state index in [0.717, 1.165) is 11.3 Å². The Labute approximate surface area is 142 Å². The van der Waals surface area contributed by atoms with Gasteiger partial charge in [-0.3, -0.25) is 0 Å². The molecule has 0 amide bonds. The van der Waals surface area contributed by atoms with Gasteiger partial charge in [0.1, 0.15) is 6.07 Å². The molecule has 0 saturated heterocycles. The van der Waals surface area contributed by atoms with Crippen LogP contribution in [0.3, 0.4) is 0 Å². The molecule has 24 heavy (non-hydrogen) atoms. The Kier molecular flexibility index (Phi) is 5.12. The molecule has 2 aromatic carbocycles. The van der Waals surface area contributed by atoms with Gasteiger partial charge in [-0.25, -0.2) is 12.7 Å². The van der Waals surface area contributed by atoms with Crippen molar-refractivity contribution in [2.45, 2.75) is 11.4 Å². The third-order valence-electron chi connectivity index (χ3n) is 3.72. The minimum absolute atomic E-state index is 0.262. The van der Waals surface area contributed by atoms with E-state index in [4.69, 9.17) is 11.0 Å². The van der Waals surface area contributed by atoms with Gasteiger partial charge in [0.2, 0.25) is 10.0 Å². The summed E-state index contributed by atoms with van der Waals surface area (Å²) in [5, 5.41) is 9.06. The monoisotopic (exact) mass is 344 g/mol.